The molecule has 3 nitrogen and oxygen atoms in total. The zero-order valence-corrected chi connectivity index (χ0v) is 10.4. The fraction of sp³-hybridized carbons (Fsp3) is 0.200. The zero-order valence-electron chi connectivity index (χ0n) is 8.10. The largest absolute Gasteiger partial charge is 0.386 e. The number of aliphatic hydroxyl groups is 1. The Labute approximate surface area is 107 Å². The molecule has 2 aromatic rings. The molecule has 6 heteroatoms. The highest BCUT2D eigenvalue weighted by Gasteiger charge is 2.13. The first-order valence-electron chi connectivity index (χ1n) is 4.56. The molecule has 1 heterocycles. The van der Waals surface area contributed by atoms with E-state index in [0.717, 1.165) is 5.56 Å². The van der Waals surface area contributed by atoms with Gasteiger partial charge in [0.15, 0.2) is 0 Å². The molecule has 0 radical (unpaired) electrons. The lowest BCUT2D eigenvalue weighted by atomic mass is 10.1. The van der Waals surface area contributed by atoms with Crippen LogP contribution in [0.5, 0.6) is 0 Å². The Balaban J connectivity index is 2.17. The number of benzene rings is 1. The Hall–Kier alpha value is -0.680. The van der Waals surface area contributed by atoms with Gasteiger partial charge in [-0.1, -0.05) is 27.7 Å². The van der Waals surface area contributed by atoms with Crippen LogP contribution in [0.2, 0.25) is 10.0 Å². The van der Waals surface area contributed by atoms with E-state index in [1.807, 2.05) is 0 Å². The normalized spacial score (nSPS) is 12.7. The maximum Gasteiger partial charge on any atom is 0.104 e. The average molecular weight is 275 g/mol. The molecule has 16 heavy (non-hydrogen) atoms. The van der Waals surface area contributed by atoms with Crippen molar-refractivity contribution in [3.8, 4) is 0 Å². The summed E-state index contributed by atoms with van der Waals surface area (Å²) in [5.74, 6) is 0. The van der Waals surface area contributed by atoms with Gasteiger partial charge in [0.05, 0.1) is 0 Å². The minimum atomic E-state index is -0.699. The van der Waals surface area contributed by atoms with Crippen molar-refractivity contribution in [3.05, 3.63) is 44.9 Å². The summed E-state index contributed by atoms with van der Waals surface area (Å²) in [6.07, 6.45) is -0.320. The maximum absolute atomic E-state index is 9.88. The zero-order chi connectivity index (χ0) is 11.5. The number of aliphatic hydroxyl groups excluding tert-OH is 1. The third kappa shape index (κ3) is 2.71. The van der Waals surface area contributed by atoms with Gasteiger partial charge in [-0.15, -0.1) is 5.10 Å². The highest BCUT2D eigenvalue weighted by Crippen LogP contribution is 2.25. The van der Waals surface area contributed by atoms with E-state index in [-0.39, 0.29) is 0 Å². The number of nitrogens with zero attached hydrogens (tertiary/aromatic N) is 2. The quantitative estimate of drug-likeness (QED) is 0.936. The number of hydrogen-bond donors (Lipinski definition) is 1. The molecule has 1 aromatic heterocycles. The van der Waals surface area contributed by atoms with E-state index >= 15 is 0 Å². The molecule has 2 rings (SSSR count). The Morgan fingerprint density at radius 3 is 2.88 bits per heavy atom. The minimum Gasteiger partial charge on any atom is -0.386 e. The molecule has 1 atom stereocenters. The SMILES string of the molecule is OC(Cc1cc(Cl)ccc1Cl)c1csnn1. The van der Waals surface area contributed by atoms with Crippen LogP contribution < -0.4 is 0 Å². The summed E-state index contributed by atoms with van der Waals surface area (Å²) in [5.41, 5.74) is 1.36. The van der Waals surface area contributed by atoms with Crippen molar-refractivity contribution >= 4 is 34.7 Å². The Morgan fingerprint density at radius 2 is 2.19 bits per heavy atom. The predicted octanol–water partition coefficient (Wildman–Crippen LogP) is 3.12. The maximum atomic E-state index is 9.88. The van der Waals surface area contributed by atoms with Crippen LogP contribution in [0.1, 0.15) is 17.4 Å². The molecule has 1 N–H and O–H groups in total. The average Bonchev–Trinajstić information content (AvgIpc) is 2.76. The van der Waals surface area contributed by atoms with Gasteiger partial charge in [-0.3, -0.25) is 0 Å². The van der Waals surface area contributed by atoms with Gasteiger partial charge in [-0.25, -0.2) is 0 Å². The summed E-state index contributed by atoms with van der Waals surface area (Å²) in [6, 6.07) is 5.17. The monoisotopic (exact) mass is 274 g/mol. The summed E-state index contributed by atoms with van der Waals surface area (Å²) < 4.78 is 3.70. The van der Waals surface area contributed by atoms with Gasteiger partial charge >= 0.3 is 0 Å². The van der Waals surface area contributed by atoms with E-state index in [9.17, 15) is 5.11 Å². The van der Waals surface area contributed by atoms with Crippen LogP contribution in [0.25, 0.3) is 0 Å². The predicted molar refractivity (Wildman–Crippen MR) is 65.0 cm³/mol. The lowest BCUT2D eigenvalue weighted by Crippen LogP contribution is -2.02. The smallest absolute Gasteiger partial charge is 0.104 e. The number of aromatic nitrogens is 2. The van der Waals surface area contributed by atoms with E-state index in [4.69, 9.17) is 23.2 Å². The molecule has 1 aromatic carbocycles. The van der Waals surface area contributed by atoms with Gasteiger partial charge in [-0.2, -0.15) is 0 Å². The van der Waals surface area contributed by atoms with E-state index in [1.54, 1.807) is 23.6 Å². The van der Waals surface area contributed by atoms with Crippen LogP contribution in [0, 0.1) is 0 Å². The van der Waals surface area contributed by atoms with E-state index < -0.39 is 6.10 Å². The van der Waals surface area contributed by atoms with E-state index in [1.165, 1.54) is 11.5 Å². The van der Waals surface area contributed by atoms with Crippen molar-refractivity contribution in [1.29, 1.82) is 0 Å². The second-order valence-electron chi connectivity index (χ2n) is 3.29. The second kappa shape index (κ2) is 5.10. The fourth-order valence-electron chi connectivity index (χ4n) is 1.33. The number of rotatable bonds is 3. The van der Waals surface area contributed by atoms with Crippen molar-refractivity contribution in [2.45, 2.75) is 12.5 Å². The first-order chi connectivity index (χ1) is 7.66. The molecule has 0 spiro atoms. The summed E-state index contributed by atoms with van der Waals surface area (Å²) in [4.78, 5) is 0. The Morgan fingerprint density at radius 1 is 1.38 bits per heavy atom. The van der Waals surface area contributed by atoms with Gasteiger partial charge in [0.2, 0.25) is 0 Å². The molecule has 84 valence electrons. The van der Waals surface area contributed by atoms with Crippen LogP contribution in [0.3, 0.4) is 0 Å². The molecular formula is C10H8Cl2N2OS. The molecule has 0 aliphatic heterocycles. The highest BCUT2D eigenvalue weighted by atomic mass is 35.5. The molecule has 0 aliphatic rings. The molecule has 0 amide bonds. The van der Waals surface area contributed by atoms with E-state index in [0.29, 0.717) is 22.2 Å². The second-order valence-corrected chi connectivity index (χ2v) is 4.74. The van der Waals surface area contributed by atoms with Crippen LogP contribution in [-0.4, -0.2) is 14.7 Å². The summed E-state index contributed by atoms with van der Waals surface area (Å²) >= 11 is 13.1. The fourth-order valence-corrected chi connectivity index (χ4v) is 2.22. The van der Waals surface area contributed by atoms with Gasteiger partial charge in [0, 0.05) is 21.8 Å². The minimum absolute atomic E-state index is 0.380. The molecule has 1 unspecified atom stereocenters. The molecule has 0 bridgehead atoms. The summed E-state index contributed by atoms with van der Waals surface area (Å²) in [5, 5.41) is 16.6. The lowest BCUT2D eigenvalue weighted by Gasteiger charge is -2.09. The summed E-state index contributed by atoms with van der Waals surface area (Å²) in [6.45, 7) is 0. The van der Waals surface area contributed by atoms with Crippen molar-refractivity contribution in [2.24, 2.45) is 0 Å². The van der Waals surface area contributed by atoms with Crippen LogP contribution in [-0.2, 0) is 6.42 Å². The van der Waals surface area contributed by atoms with Crippen LogP contribution in [0.15, 0.2) is 23.6 Å². The van der Waals surface area contributed by atoms with Gasteiger partial charge in [-0.05, 0) is 35.3 Å². The topological polar surface area (TPSA) is 46.0 Å². The van der Waals surface area contributed by atoms with Gasteiger partial charge in [0.1, 0.15) is 11.8 Å². The summed E-state index contributed by atoms with van der Waals surface area (Å²) in [7, 11) is 0. The Kier molecular flexibility index (Phi) is 3.76. The van der Waals surface area contributed by atoms with Gasteiger partial charge < -0.3 is 5.11 Å². The molecule has 0 fully saturated rings. The van der Waals surface area contributed by atoms with Crippen LogP contribution >= 0.6 is 34.7 Å². The van der Waals surface area contributed by atoms with Crippen molar-refractivity contribution < 1.29 is 5.11 Å². The highest BCUT2D eigenvalue weighted by molar-refractivity contribution is 7.03. The lowest BCUT2D eigenvalue weighted by molar-refractivity contribution is 0.173. The first kappa shape index (κ1) is 11.8. The van der Waals surface area contributed by atoms with Crippen molar-refractivity contribution in [1.82, 2.24) is 9.59 Å². The first-order valence-corrected chi connectivity index (χ1v) is 6.15. The number of hydrogen-bond acceptors (Lipinski definition) is 4. The van der Waals surface area contributed by atoms with Crippen molar-refractivity contribution in [2.75, 3.05) is 0 Å². The third-order valence-electron chi connectivity index (χ3n) is 2.14. The van der Waals surface area contributed by atoms with Gasteiger partial charge in [0.25, 0.3) is 0 Å². The standard InChI is InChI=1S/C10H8Cl2N2OS/c11-7-1-2-8(12)6(3-7)4-10(15)9-5-16-14-13-9/h1-3,5,10,15H,4H2. The van der Waals surface area contributed by atoms with Crippen LogP contribution in [0.4, 0.5) is 0 Å². The third-order valence-corrected chi connectivity index (χ3v) is 3.27. The Bertz CT molecular complexity index is 476. The molecule has 0 saturated heterocycles. The van der Waals surface area contributed by atoms with E-state index in [2.05, 4.69) is 9.59 Å². The molecule has 0 aliphatic carbocycles. The van der Waals surface area contributed by atoms with Crippen molar-refractivity contribution in [3.63, 3.8) is 0 Å². The number of halogens is 2. The molecular weight excluding hydrogens is 267 g/mol. The molecule has 0 saturated carbocycles.